The van der Waals surface area contributed by atoms with Crippen LogP contribution in [0.3, 0.4) is 0 Å². The summed E-state index contributed by atoms with van der Waals surface area (Å²) in [7, 11) is 1.52. The third kappa shape index (κ3) is 2.86. The molecule has 2 heterocycles. The fourth-order valence-electron chi connectivity index (χ4n) is 3.54. The van der Waals surface area contributed by atoms with Crippen LogP contribution in [-0.2, 0) is 0 Å². The van der Waals surface area contributed by atoms with Crippen LogP contribution >= 0.6 is 0 Å². The third-order valence-electron chi connectivity index (χ3n) is 4.92. The third-order valence-corrected chi connectivity index (χ3v) is 4.92. The van der Waals surface area contributed by atoms with E-state index in [2.05, 4.69) is 12.1 Å². The normalized spacial score (nSPS) is 16.8. The summed E-state index contributed by atoms with van der Waals surface area (Å²) in [4.78, 5) is 27.0. The number of likely N-dealkylation sites (tertiary alicyclic amines) is 1. The first kappa shape index (κ1) is 16.4. The van der Waals surface area contributed by atoms with Gasteiger partial charge >= 0.3 is 5.63 Å². The second kappa shape index (κ2) is 6.67. The monoisotopic (exact) mass is 349 g/mol. The van der Waals surface area contributed by atoms with Gasteiger partial charge in [-0.15, -0.1) is 0 Å². The Kier molecular flexibility index (Phi) is 4.21. The largest absolute Gasteiger partial charge is 0.493 e. The second-order valence-corrected chi connectivity index (χ2v) is 6.47. The minimum atomic E-state index is -0.629. The summed E-state index contributed by atoms with van der Waals surface area (Å²) in [6, 6.07) is 17.1. The van der Waals surface area contributed by atoms with Crippen molar-refractivity contribution in [3.05, 3.63) is 76.1 Å². The molecule has 0 radical (unpaired) electrons. The molecule has 4 rings (SSSR count). The number of methoxy groups -OCH3 is 1. The van der Waals surface area contributed by atoms with Crippen LogP contribution in [0.2, 0.25) is 0 Å². The molecule has 0 spiro atoms. The molecule has 1 atom stereocenters. The van der Waals surface area contributed by atoms with Crippen molar-refractivity contribution in [2.24, 2.45) is 0 Å². The average molecular weight is 349 g/mol. The van der Waals surface area contributed by atoms with Gasteiger partial charge in [0.15, 0.2) is 11.3 Å². The van der Waals surface area contributed by atoms with E-state index in [1.165, 1.54) is 12.7 Å². The molecule has 3 aromatic rings. The minimum absolute atomic E-state index is 0.0689. The van der Waals surface area contributed by atoms with E-state index in [0.717, 1.165) is 6.42 Å². The predicted molar refractivity (Wildman–Crippen MR) is 98.7 cm³/mol. The van der Waals surface area contributed by atoms with Gasteiger partial charge in [0.05, 0.1) is 7.11 Å². The van der Waals surface area contributed by atoms with Crippen molar-refractivity contribution in [2.45, 2.75) is 12.3 Å². The standard InChI is InChI=1S/C21H19NO4/c1-25-18-9-5-8-15-12-17(21(24)26-19(15)18)20(23)22-11-10-16(13-22)14-6-3-2-4-7-14/h2-9,12,16H,10-11,13H2,1H3. The smallest absolute Gasteiger partial charge is 0.349 e. The van der Waals surface area contributed by atoms with Crippen LogP contribution in [0.15, 0.2) is 63.8 Å². The quantitative estimate of drug-likeness (QED) is 0.680. The zero-order chi connectivity index (χ0) is 18.1. The maximum absolute atomic E-state index is 12.9. The molecular weight excluding hydrogens is 330 g/mol. The zero-order valence-electron chi connectivity index (χ0n) is 14.5. The summed E-state index contributed by atoms with van der Waals surface area (Å²) < 4.78 is 10.6. The molecular formula is C21H19NO4. The maximum atomic E-state index is 12.9. The zero-order valence-corrected chi connectivity index (χ0v) is 14.5. The Labute approximate surface area is 150 Å². The maximum Gasteiger partial charge on any atom is 0.349 e. The molecule has 0 aliphatic carbocycles. The van der Waals surface area contributed by atoms with Gasteiger partial charge in [0.2, 0.25) is 0 Å². The minimum Gasteiger partial charge on any atom is -0.493 e. The number of amides is 1. The van der Waals surface area contributed by atoms with Crippen molar-refractivity contribution >= 4 is 16.9 Å². The van der Waals surface area contributed by atoms with Gasteiger partial charge in [-0.05, 0) is 24.1 Å². The van der Waals surface area contributed by atoms with Gasteiger partial charge in [-0.3, -0.25) is 4.79 Å². The lowest BCUT2D eigenvalue weighted by molar-refractivity contribution is 0.0786. The summed E-state index contributed by atoms with van der Waals surface area (Å²) >= 11 is 0. The van der Waals surface area contributed by atoms with Crippen LogP contribution < -0.4 is 10.4 Å². The van der Waals surface area contributed by atoms with Gasteiger partial charge in [0.25, 0.3) is 5.91 Å². The lowest BCUT2D eigenvalue weighted by atomic mass is 9.99. The van der Waals surface area contributed by atoms with E-state index < -0.39 is 5.63 Å². The number of hydrogen-bond donors (Lipinski definition) is 0. The molecule has 1 fully saturated rings. The topological polar surface area (TPSA) is 59.8 Å². The van der Waals surface area contributed by atoms with Crippen LogP contribution in [0.4, 0.5) is 0 Å². The first-order valence-corrected chi connectivity index (χ1v) is 8.62. The molecule has 1 aliphatic heterocycles. The van der Waals surface area contributed by atoms with E-state index in [9.17, 15) is 9.59 Å². The van der Waals surface area contributed by atoms with E-state index >= 15 is 0 Å². The Morgan fingerprint density at radius 2 is 1.96 bits per heavy atom. The Balaban J connectivity index is 1.63. The summed E-state index contributed by atoms with van der Waals surface area (Å²) in [5, 5.41) is 0.672. The number of ether oxygens (including phenoxy) is 1. The molecule has 26 heavy (non-hydrogen) atoms. The molecule has 1 unspecified atom stereocenters. The molecule has 1 amide bonds. The second-order valence-electron chi connectivity index (χ2n) is 6.47. The fraction of sp³-hybridized carbons (Fsp3) is 0.238. The molecule has 0 N–H and O–H groups in total. The number of para-hydroxylation sites is 1. The van der Waals surface area contributed by atoms with Gasteiger partial charge in [0, 0.05) is 24.4 Å². The fourth-order valence-corrected chi connectivity index (χ4v) is 3.54. The lowest BCUT2D eigenvalue weighted by Gasteiger charge is -2.16. The Morgan fingerprint density at radius 3 is 2.73 bits per heavy atom. The number of nitrogens with zero attached hydrogens (tertiary/aromatic N) is 1. The lowest BCUT2D eigenvalue weighted by Crippen LogP contribution is -2.32. The van der Waals surface area contributed by atoms with E-state index in [1.807, 2.05) is 18.2 Å². The van der Waals surface area contributed by atoms with Crippen LogP contribution in [0.5, 0.6) is 5.75 Å². The van der Waals surface area contributed by atoms with Crippen molar-refractivity contribution in [1.82, 2.24) is 4.90 Å². The first-order chi connectivity index (χ1) is 12.7. The Bertz CT molecular complexity index is 1010. The van der Waals surface area contributed by atoms with Crippen molar-refractivity contribution in [1.29, 1.82) is 0 Å². The van der Waals surface area contributed by atoms with Crippen LogP contribution in [0, 0.1) is 0 Å². The van der Waals surface area contributed by atoms with E-state index in [4.69, 9.17) is 9.15 Å². The number of fused-ring (bicyclic) bond motifs is 1. The van der Waals surface area contributed by atoms with Crippen LogP contribution in [0.25, 0.3) is 11.0 Å². The molecule has 132 valence electrons. The average Bonchev–Trinajstić information content (AvgIpc) is 3.17. The van der Waals surface area contributed by atoms with Gasteiger partial charge in [-0.25, -0.2) is 4.79 Å². The molecule has 0 saturated carbocycles. The van der Waals surface area contributed by atoms with Crippen molar-refractivity contribution in [3.63, 3.8) is 0 Å². The van der Waals surface area contributed by atoms with Crippen LogP contribution in [0.1, 0.15) is 28.3 Å². The Morgan fingerprint density at radius 1 is 1.15 bits per heavy atom. The highest BCUT2D eigenvalue weighted by atomic mass is 16.5. The predicted octanol–water partition coefficient (Wildman–Crippen LogP) is 3.43. The molecule has 5 heteroatoms. The molecule has 5 nitrogen and oxygen atoms in total. The molecule has 2 aromatic carbocycles. The summed E-state index contributed by atoms with van der Waals surface area (Å²) in [6.45, 7) is 1.24. The number of hydrogen-bond acceptors (Lipinski definition) is 4. The SMILES string of the molecule is COc1cccc2cc(C(=O)N3CCC(c4ccccc4)C3)c(=O)oc12. The number of benzene rings is 2. The summed E-state index contributed by atoms with van der Waals surface area (Å²) in [5.41, 5.74) is 1.02. The van der Waals surface area contributed by atoms with E-state index in [0.29, 0.717) is 35.7 Å². The number of rotatable bonds is 3. The van der Waals surface area contributed by atoms with E-state index in [1.54, 1.807) is 29.2 Å². The highest BCUT2D eigenvalue weighted by molar-refractivity contribution is 5.97. The molecule has 1 aromatic heterocycles. The number of carbonyl (C=O) groups is 1. The van der Waals surface area contributed by atoms with Gasteiger partial charge in [-0.1, -0.05) is 42.5 Å². The first-order valence-electron chi connectivity index (χ1n) is 8.62. The highest BCUT2D eigenvalue weighted by Crippen LogP contribution is 2.29. The molecule has 1 saturated heterocycles. The van der Waals surface area contributed by atoms with E-state index in [-0.39, 0.29) is 11.5 Å². The van der Waals surface area contributed by atoms with Gasteiger partial charge in [0.1, 0.15) is 5.56 Å². The summed E-state index contributed by atoms with van der Waals surface area (Å²) in [6.07, 6.45) is 0.891. The van der Waals surface area contributed by atoms with Gasteiger partial charge in [-0.2, -0.15) is 0 Å². The summed E-state index contributed by atoms with van der Waals surface area (Å²) in [5.74, 6) is 0.499. The Hall–Kier alpha value is -3.08. The molecule has 1 aliphatic rings. The van der Waals surface area contributed by atoms with Crippen molar-refractivity contribution < 1.29 is 13.9 Å². The van der Waals surface area contributed by atoms with Gasteiger partial charge < -0.3 is 14.1 Å². The highest BCUT2D eigenvalue weighted by Gasteiger charge is 2.29. The van der Waals surface area contributed by atoms with Crippen molar-refractivity contribution in [3.8, 4) is 5.75 Å². The molecule has 0 bridgehead atoms. The number of carbonyl (C=O) groups excluding carboxylic acids is 1. The van der Waals surface area contributed by atoms with Crippen molar-refractivity contribution in [2.75, 3.05) is 20.2 Å². The van der Waals surface area contributed by atoms with Crippen LogP contribution in [-0.4, -0.2) is 31.0 Å².